The SMILES string of the molecule is CCCc1ccc(CCC2=CCC(C3CCC(CC)CC3)CC2)cc1. The van der Waals surface area contributed by atoms with E-state index in [2.05, 4.69) is 44.2 Å². The number of hydrogen-bond donors (Lipinski definition) is 0. The Bertz CT molecular complexity index is 528. The summed E-state index contributed by atoms with van der Waals surface area (Å²) in [7, 11) is 0. The lowest BCUT2D eigenvalue weighted by Crippen LogP contribution is -2.23. The summed E-state index contributed by atoms with van der Waals surface area (Å²) >= 11 is 0. The van der Waals surface area contributed by atoms with Gasteiger partial charge in [0.1, 0.15) is 0 Å². The van der Waals surface area contributed by atoms with Crippen LogP contribution in [-0.2, 0) is 12.8 Å². The van der Waals surface area contributed by atoms with Crippen molar-refractivity contribution in [1.82, 2.24) is 0 Å². The van der Waals surface area contributed by atoms with Crippen LogP contribution in [0.25, 0.3) is 0 Å². The first kappa shape index (κ1) is 18.7. The Hall–Kier alpha value is -1.04. The Morgan fingerprint density at radius 1 is 0.760 bits per heavy atom. The Kier molecular flexibility index (Phi) is 7.20. The minimum atomic E-state index is 0.995. The highest BCUT2D eigenvalue weighted by atomic mass is 14.3. The normalized spacial score (nSPS) is 27.1. The molecule has 0 saturated heterocycles. The third-order valence-electron chi connectivity index (χ3n) is 6.98. The van der Waals surface area contributed by atoms with Crippen molar-refractivity contribution in [3.05, 3.63) is 47.0 Å². The van der Waals surface area contributed by atoms with Crippen LogP contribution in [0.2, 0.25) is 0 Å². The molecule has 0 spiro atoms. The standard InChI is InChI=1S/C25H38/c1-3-5-21-6-8-22(9-7-21)10-11-23-14-18-25(19-15-23)24-16-12-20(4-2)13-17-24/h6-9,14,20,24-25H,3-5,10-13,15-19H2,1-2H3. The van der Waals surface area contributed by atoms with E-state index in [1.54, 1.807) is 5.57 Å². The van der Waals surface area contributed by atoms with E-state index in [9.17, 15) is 0 Å². The van der Waals surface area contributed by atoms with Crippen LogP contribution in [-0.4, -0.2) is 0 Å². The van der Waals surface area contributed by atoms with Crippen molar-refractivity contribution in [3.63, 3.8) is 0 Å². The molecule has 0 nitrogen and oxygen atoms in total. The lowest BCUT2D eigenvalue weighted by Gasteiger charge is -2.35. The molecule has 1 aromatic carbocycles. The molecule has 0 radical (unpaired) electrons. The van der Waals surface area contributed by atoms with Crippen molar-refractivity contribution < 1.29 is 0 Å². The predicted octanol–water partition coefficient (Wildman–Crippen LogP) is 7.51. The summed E-state index contributed by atoms with van der Waals surface area (Å²) in [6.45, 7) is 4.63. The molecule has 1 aromatic rings. The fourth-order valence-corrected chi connectivity index (χ4v) is 5.10. The van der Waals surface area contributed by atoms with Gasteiger partial charge in [-0.15, -0.1) is 0 Å². The van der Waals surface area contributed by atoms with Crippen molar-refractivity contribution in [1.29, 1.82) is 0 Å². The molecule has 138 valence electrons. The van der Waals surface area contributed by atoms with Gasteiger partial charge in [0.25, 0.3) is 0 Å². The second-order valence-corrected chi connectivity index (χ2v) is 8.65. The van der Waals surface area contributed by atoms with E-state index in [1.165, 1.54) is 88.2 Å². The quantitative estimate of drug-likeness (QED) is 0.451. The van der Waals surface area contributed by atoms with Gasteiger partial charge in [0.15, 0.2) is 0 Å². The number of hydrogen-bond acceptors (Lipinski definition) is 0. The van der Waals surface area contributed by atoms with Crippen molar-refractivity contribution >= 4 is 0 Å². The van der Waals surface area contributed by atoms with Crippen LogP contribution in [0, 0.1) is 17.8 Å². The van der Waals surface area contributed by atoms with Gasteiger partial charge in [-0.2, -0.15) is 0 Å². The van der Waals surface area contributed by atoms with Gasteiger partial charge in [-0.25, -0.2) is 0 Å². The summed E-state index contributed by atoms with van der Waals surface area (Å²) < 4.78 is 0. The molecule has 0 aliphatic heterocycles. The summed E-state index contributed by atoms with van der Waals surface area (Å²) in [6.07, 6.45) is 19.2. The third-order valence-corrected chi connectivity index (χ3v) is 6.98. The van der Waals surface area contributed by atoms with Crippen LogP contribution < -0.4 is 0 Å². The van der Waals surface area contributed by atoms with Gasteiger partial charge >= 0.3 is 0 Å². The average Bonchev–Trinajstić information content (AvgIpc) is 2.68. The minimum absolute atomic E-state index is 0.995. The molecule has 0 aromatic heterocycles. The Morgan fingerprint density at radius 2 is 1.44 bits per heavy atom. The first-order chi connectivity index (χ1) is 12.3. The first-order valence-electron chi connectivity index (χ1n) is 11.0. The average molecular weight is 339 g/mol. The zero-order chi connectivity index (χ0) is 17.5. The molecule has 3 rings (SSSR count). The van der Waals surface area contributed by atoms with Crippen molar-refractivity contribution in [2.45, 2.75) is 90.9 Å². The van der Waals surface area contributed by atoms with Gasteiger partial charge in [-0.05, 0) is 80.2 Å². The Labute approximate surface area is 156 Å². The molecule has 1 unspecified atom stereocenters. The molecule has 0 heterocycles. The maximum atomic E-state index is 2.62. The second kappa shape index (κ2) is 9.60. The molecule has 0 amide bonds. The lowest BCUT2D eigenvalue weighted by atomic mass is 9.71. The molecule has 2 aliphatic rings. The van der Waals surface area contributed by atoms with Crippen LogP contribution in [0.3, 0.4) is 0 Å². The molecular weight excluding hydrogens is 300 g/mol. The smallest absolute Gasteiger partial charge is 0.0241 e. The maximum Gasteiger partial charge on any atom is -0.0241 e. The van der Waals surface area contributed by atoms with E-state index < -0.39 is 0 Å². The maximum absolute atomic E-state index is 2.62. The molecule has 0 bridgehead atoms. The zero-order valence-corrected chi connectivity index (χ0v) is 16.6. The van der Waals surface area contributed by atoms with Crippen molar-refractivity contribution in [2.75, 3.05) is 0 Å². The Morgan fingerprint density at radius 3 is 2.00 bits per heavy atom. The number of aryl methyl sites for hydroxylation is 2. The van der Waals surface area contributed by atoms with Crippen LogP contribution >= 0.6 is 0 Å². The van der Waals surface area contributed by atoms with Crippen LogP contribution in [0.5, 0.6) is 0 Å². The molecule has 25 heavy (non-hydrogen) atoms. The molecule has 1 saturated carbocycles. The Balaban J connectivity index is 1.42. The number of allylic oxidation sites excluding steroid dienone is 2. The van der Waals surface area contributed by atoms with E-state index in [1.807, 2.05) is 0 Å². The van der Waals surface area contributed by atoms with Crippen LogP contribution in [0.15, 0.2) is 35.9 Å². The first-order valence-corrected chi connectivity index (χ1v) is 11.0. The molecule has 0 heteroatoms. The van der Waals surface area contributed by atoms with E-state index in [-0.39, 0.29) is 0 Å². The van der Waals surface area contributed by atoms with E-state index in [4.69, 9.17) is 0 Å². The molecule has 0 N–H and O–H groups in total. The van der Waals surface area contributed by atoms with Gasteiger partial charge < -0.3 is 0 Å². The van der Waals surface area contributed by atoms with Gasteiger partial charge in [0, 0.05) is 0 Å². The summed E-state index contributed by atoms with van der Waals surface area (Å²) in [5, 5.41) is 0. The monoisotopic (exact) mass is 338 g/mol. The second-order valence-electron chi connectivity index (χ2n) is 8.65. The van der Waals surface area contributed by atoms with Gasteiger partial charge in [-0.3, -0.25) is 0 Å². The zero-order valence-electron chi connectivity index (χ0n) is 16.6. The summed E-state index contributed by atoms with van der Waals surface area (Å²) in [5.74, 6) is 3.07. The van der Waals surface area contributed by atoms with Crippen molar-refractivity contribution in [3.8, 4) is 0 Å². The largest absolute Gasteiger partial charge is 0.0850 e. The topological polar surface area (TPSA) is 0 Å². The fourth-order valence-electron chi connectivity index (χ4n) is 5.10. The molecular formula is C25H38. The van der Waals surface area contributed by atoms with E-state index in [0.29, 0.717) is 0 Å². The highest BCUT2D eigenvalue weighted by molar-refractivity contribution is 5.23. The molecule has 1 fully saturated rings. The van der Waals surface area contributed by atoms with Crippen LogP contribution in [0.4, 0.5) is 0 Å². The van der Waals surface area contributed by atoms with Gasteiger partial charge in [-0.1, -0.05) is 75.4 Å². The van der Waals surface area contributed by atoms with Crippen molar-refractivity contribution in [2.24, 2.45) is 17.8 Å². The van der Waals surface area contributed by atoms with E-state index in [0.717, 1.165) is 17.8 Å². The summed E-state index contributed by atoms with van der Waals surface area (Å²) in [5.41, 5.74) is 4.74. The minimum Gasteiger partial charge on any atom is -0.0850 e. The lowest BCUT2D eigenvalue weighted by molar-refractivity contribution is 0.189. The highest BCUT2D eigenvalue weighted by Crippen LogP contribution is 2.40. The van der Waals surface area contributed by atoms with Gasteiger partial charge in [0.2, 0.25) is 0 Å². The number of rotatable bonds is 7. The predicted molar refractivity (Wildman–Crippen MR) is 110 cm³/mol. The summed E-state index contributed by atoms with van der Waals surface area (Å²) in [4.78, 5) is 0. The van der Waals surface area contributed by atoms with E-state index >= 15 is 0 Å². The van der Waals surface area contributed by atoms with Gasteiger partial charge in [0.05, 0.1) is 0 Å². The van der Waals surface area contributed by atoms with Crippen LogP contribution in [0.1, 0.15) is 89.2 Å². The molecule has 2 aliphatic carbocycles. The fraction of sp³-hybridized carbons (Fsp3) is 0.680. The molecule has 1 atom stereocenters. The summed E-state index contributed by atoms with van der Waals surface area (Å²) in [6, 6.07) is 9.36. The number of benzene rings is 1. The third kappa shape index (κ3) is 5.47. The highest BCUT2D eigenvalue weighted by Gasteiger charge is 2.27.